The Hall–Kier alpha value is -6.00. The molecule has 0 spiro atoms. The van der Waals surface area contributed by atoms with Crippen molar-refractivity contribution in [2.45, 2.75) is 54.4 Å². The highest BCUT2D eigenvalue weighted by atomic mass is 16.6. The van der Waals surface area contributed by atoms with E-state index in [2.05, 4.69) is 42.0 Å². The van der Waals surface area contributed by atoms with Gasteiger partial charge < -0.3 is 43.8 Å². The van der Waals surface area contributed by atoms with E-state index in [-0.39, 0.29) is 84.4 Å². The molecule has 302 valence electrons. The number of esters is 6. The van der Waals surface area contributed by atoms with E-state index in [1.54, 1.807) is 0 Å². The van der Waals surface area contributed by atoms with Crippen LogP contribution in [0.5, 0.6) is 0 Å². The van der Waals surface area contributed by atoms with Gasteiger partial charge in [-0.05, 0) is 63.1 Å². The zero-order valence-corrected chi connectivity index (χ0v) is 32.1. The maximum absolute atomic E-state index is 11.8. The lowest BCUT2D eigenvalue weighted by Crippen LogP contribution is -2.36. The molecular weight excluding hydrogens is 724 g/mol. The molecule has 1 aliphatic heterocycles. The largest absolute Gasteiger partial charge is 0.459 e. The van der Waals surface area contributed by atoms with Crippen LogP contribution in [0.2, 0.25) is 0 Å². The second-order valence-electron chi connectivity index (χ2n) is 13.1. The third-order valence-electron chi connectivity index (χ3n) is 7.09. The highest BCUT2D eigenvalue weighted by Crippen LogP contribution is 2.26. The average Bonchev–Trinajstić information content (AvgIpc) is 3.40. The van der Waals surface area contributed by atoms with Gasteiger partial charge in [0.05, 0.1) is 16.7 Å². The molecule has 55 heavy (non-hydrogen) atoms. The molecule has 2 N–H and O–H groups in total. The van der Waals surface area contributed by atoms with Crippen LogP contribution >= 0.6 is 0 Å². The van der Waals surface area contributed by atoms with Gasteiger partial charge in [-0.25, -0.2) is 38.4 Å². The minimum atomic E-state index is -0.801. The smallest absolute Gasteiger partial charge is 0.407 e. The molecule has 0 bridgehead atoms. The van der Waals surface area contributed by atoms with Crippen molar-refractivity contribution in [2.24, 2.45) is 11.3 Å². The third-order valence-corrected chi connectivity index (χ3v) is 7.09. The second-order valence-corrected chi connectivity index (χ2v) is 13.1. The standard InChI is InChI=1S/C23H38N2O8.C15H12O7/c1-16(2)19(26)30-10-12-32-21(28)24-9-8-18(5)14-23(6,7)15-25-22(29)33-13-11-31-20(27)17(3)4;1-8(2)12(16)20-5-6-21-13(17)9-3-4-10-11(7-9)15(19)22-14(10)18/h18H,1,3,8-15H2,2,4-7H3,(H,24,28)(H,25,29);3-4,7H,1,5-6H2,2H3. The van der Waals surface area contributed by atoms with Gasteiger partial charge in [0.2, 0.25) is 0 Å². The van der Waals surface area contributed by atoms with Crippen molar-refractivity contribution in [3.8, 4) is 0 Å². The summed E-state index contributed by atoms with van der Waals surface area (Å²) in [7, 11) is 0. The van der Waals surface area contributed by atoms with Crippen molar-refractivity contribution in [2.75, 3.05) is 52.7 Å². The summed E-state index contributed by atoms with van der Waals surface area (Å²) in [4.78, 5) is 91.5. The zero-order chi connectivity index (χ0) is 41.7. The predicted molar refractivity (Wildman–Crippen MR) is 195 cm³/mol. The summed E-state index contributed by atoms with van der Waals surface area (Å²) >= 11 is 0. The quantitative estimate of drug-likeness (QED) is 0.0616. The van der Waals surface area contributed by atoms with Gasteiger partial charge in [0.15, 0.2) is 0 Å². The molecule has 0 aromatic heterocycles. The molecule has 0 aliphatic carbocycles. The first-order chi connectivity index (χ1) is 25.7. The lowest BCUT2D eigenvalue weighted by Gasteiger charge is -2.28. The number of hydrogen-bond donors (Lipinski definition) is 2. The first-order valence-corrected chi connectivity index (χ1v) is 17.1. The molecule has 17 nitrogen and oxygen atoms in total. The number of ether oxygens (including phenoxy) is 7. The van der Waals surface area contributed by atoms with Crippen LogP contribution in [-0.2, 0) is 47.5 Å². The van der Waals surface area contributed by atoms with Crippen LogP contribution in [-0.4, -0.2) is 101 Å². The Bertz CT molecular complexity index is 1630. The van der Waals surface area contributed by atoms with E-state index in [1.165, 1.54) is 39.0 Å². The van der Waals surface area contributed by atoms with Crippen molar-refractivity contribution in [1.29, 1.82) is 0 Å². The highest BCUT2D eigenvalue weighted by Gasteiger charge is 2.30. The van der Waals surface area contributed by atoms with Crippen molar-refractivity contribution in [3.63, 3.8) is 0 Å². The van der Waals surface area contributed by atoms with Gasteiger partial charge in [-0.15, -0.1) is 0 Å². The summed E-state index contributed by atoms with van der Waals surface area (Å²) in [6.45, 7) is 21.4. The van der Waals surface area contributed by atoms with Gasteiger partial charge in [0.1, 0.15) is 39.6 Å². The number of hydrogen-bond acceptors (Lipinski definition) is 15. The molecule has 1 aromatic rings. The van der Waals surface area contributed by atoms with Gasteiger partial charge in [0, 0.05) is 29.8 Å². The first kappa shape index (κ1) is 47.0. The molecule has 0 saturated carbocycles. The number of cyclic esters (lactones) is 2. The Morgan fingerprint density at radius 1 is 0.673 bits per heavy atom. The van der Waals surface area contributed by atoms with Gasteiger partial charge >= 0.3 is 48.0 Å². The topological polar surface area (TPSA) is 225 Å². The monoisotopic (exact) mass is 774 g/mol. The van der Waals surface area contributed by atoms with Crippen LogP contribution in [0.1, 0.15) is 85.5 Å². The Labute approximate surface area is 319 Å². The van der Waals surface area contributed by atoms with Gasteiger partial charge in [0.25, 0.3) is 0 Å². The van der Waals surface area contributed by atoms with Gasteiger partial charge in [-0.3, -0.25) is 0 Å². The molecule has 17 heteroatoms. The van der Waals surface area contributed by atoms with Crippen LogP contribution in [0, 0.1) is 11.3 Å². The lowest BCUT2D eigenvalue weighted by molar-refractivity contribution is -0.140. The fourth-order valence-corrected chi connectivity index (χ4v) is 4.42. The summed E-state index contributed by atoms with van der Waals surface area (Å²) in [5.74, 6) is -3.60. The van der Waals surface area contributed by atoms with Crippen LogP contribution in [0.25, 0.3) is 0 Å². The number of amides is 2. The summed E-state index contributed by atoms with van der Waals surface area (Å²) < 4.78 is 33.7. The number of fused-ring (bicyclic) bond motifs is 1. The normalized spacial score (nSPS) is 11.9. The Morgan fingerprint density at radius 2 is 1.11 bits per heavy atom. The minimum absolute atomic E-state index is 0.0214. The van der Waals surface area contributed by atoms with Gasteiger partial charge in [-0.2, -0.15) is 0 Å². The maximum atomic E-state index is 11.8. The summed E-state index contributed by atoms with van der Waals surface area (Å²) in [5.41, 5.74) is 0.836. The Balaban J connectivity index is 0.000000592. The molecule has 1 heterocycles. The molecular formula is C38H50N2O15. The van der Waals surface area contributed by atoms with Crippen molar-refractivity contribution < 1.29 is 71.5 Å². The Morgan fingerprint density at radius 3 is 1.60 bits per heavy atom. The van der Waals surface area contributed by atoms with Crippen molar-refractivity contribution >= 4 is 48.0 Å². The van der Waals surface area contributed by atoms with E-state index < -0.39 is 48.0 Å². The molecule has 1 aromatic carbocycles. The minimum Gasteiger partial charge on any atom is -0.459 e. The van der Waals surface area contributed by atoms with Crippen molar-refractivity contribution in [3.05, 3.63) is 71.3 Å². The fourth-order valence-electron chi connectivity index (χ4n) is 4.42. The average molecular weight is 775 g/mol. The van der Waals surface area contributed by atoms with Crippen molar-refractivity contribution in [1.82, 2.24) is 10.6 Å². The zero-order valence-electron chi connectivity index (χ0n) is 32.1. The van der Waals surface area contributed by atoms with E-state index >= 15 is 0 Å². The van der Waals surface area contributed by atoms with E-state index in [0.29, 0.717) is 13.1 Å². The van der Waals surface area contributed by atoms with Crippen LogP contribution in [0.4, 0.5) is 9.59 Å². The second kappa shape index (κ2) is 23.6. The van der Waals surface area contributed by atoms with Gasteiger partial charge in [-0.1, -0.05) is 40.5 Å². The molecule has 0 saturated heterocycles. The molecule has 0 radical (unpaired) electrons. The Kier molecular flexibility index (Phi) is 20.2. The molecule has 1 aliphatic rings. The summed E-state index contributed by atoms with van der Waals surface area (Å²) in [6, 6.07) is 3.89. The number of rotatable bonds is 20. The summed E-state index contributed by atoms with van der Waals surface area (Å²) in [6.07, 6.45) is 0.366. The van der Waals surface area contributed by atoms with Crippen LogP contribution in [0.15, 0.2) is 54.7 Å². The number of carbonyl (C=O) groups excluding carboxylic acids is 8. The SMILES string of the molecule is C=C(C)C(=O)OCCOC(=O)NCCC(C)CC(C)(C)CNC(=O)OCCOC(=O)C(=C)C.C=C(C)C(=O)OCCOC(=O)c1ccc2c(c1)C(=O)OC2=O. The predicted octanol–water partition coefficient (Wildman–Crippen LogP) is 4.39. The molecule has 2 amide bonds. The number of carbonyl (C=O) groups is 8. The van der Waals surface area contributed by atoms with E-state index in [0.717, 1.165) is 12.8 Å². The maximum Gasteiger partial charge on any atom is 0.407 e. The van der Waals surface area contributed by atoms with Crippen LogP contribution < -0.4 is 10.6 Å². The van der Waals surface area contributed by atoms with E-state index in [4.69, 9.17) is 28.4 Å². The first-order valence-electron chi connectivity index (χ1n) is 17.1. The molecule has 2 rings (SSSR count). The van der Waals surface area contributed by atoms with E-state index in [9.17, 15) is 38.4 Å². The number of alkyl carbamates (subject to hydrolysis) is 2. The van der Waals surface area contributed by atoms with Crippen LogP contribution in [0.3, 0.4) is 0 Å². The molecule has 1 atom stereocenters. The van der Waals surface area contributed by atoms with E-state index in [1.807, 2.05) is 13.8 Å². The third kappa shape index (κ3) is 19.1. The number of benzene rings is 1. The fraction of sp³-hybridized carbons (Fsp3) is 0.474. The number of nitrogens with one attached hydrogen (secondary N) is 2. The lowest BCUT2D eigenvalue weighted by atomic mass is 9.82. The summed E-state index contributed by atoms with van der Waals surface area (Å²) in [5, 5.41) is 5.36. The molecule has 0 fully saturated rings. The highest BCUT2D eigenvalue weighted by molar-refractivity contribution is 6.15. The molecule has 1 unspecified atom stereocenters.